The van der Waals surface area contributed by atoms with Crippen molar-refractivity contribution in [2.75, 3.05) is 11.4 Å². The van der Waals surface area contributed by atoms with Crippen molar-refractivity contribution in [3.8, 4) is 5.75 Å². The molecule has 0 bridgehead atoms. The quantitative estimate of drug-likeness (QED) is 0.914. The maximum absolute atomic E-state index is 12.2. The van der Waals surface area contributed by atoms with Crippen molar-refractivity contribution in [2.45, 2.75) is 32.4 Å². The van der Waals surface area contributed by atoms with Crippen molar-refractivity contribution in [2.24, 2.45) is 5.73 Å². The minimum Gasteiger partial charge on any atom is -0.479 e. The van der Waals surface area contributed by atoms with Gasteiger partial charge in [0.25, 0.3) is 5.91 Å². The number of hydrogen-bond acceptors (Lipinski definition) is 3. The van der Waals surface area contributed by atoms with Crippen molar-refractivity contribution < 1.29 is 9.53 Å². The molecule has 0 spiro atoms. The smallest absolute Gasteiger partial charge is 0.267 e. The van der Waals surface area contributed by atoms with E-state index in [2.05, 4.69) is 0 Å². The lowest BCUT2D eigenvalue weighted by Gasteiger charge is -2.34. The Morgan fingerprint density at radius 3 is 2.94 bits per heavy atom. The third-order valence-electron chi connectivity index (χ3n) is 3.07. The van der Waals surface area contributed by atoms with Crippen molar-refractivity contribution in [3.63, 3.8) is 0 Å². The van der Waals surface area contributed by atoms with Gasteiger partial charge in [0.2, 0.25) is 0 Å². The van der Waals surface area contributed by atoms with Crippen LogP contribution < -0.4 is 15.4 Å². The first-order valence-corrected chi connectivity index (χ1v) is 6.44. The van der Waals surface area contributed by atoms with Crippen LogP contribution in [0.15, 0.2) is 18.2 Å². The highest BCUT2D eigenvalue weighted by Crippen LogP contribution is 2.36. The van der Waals surface area contributed by atoms with Crippen molar-refractivity contribution in [3.05, 3.63) is 23.2 Å². The van der Waals surface area contributed by atoms with E-state index in [4.69, 9.17) is 22.1 Å². The van der Waals surface area contributed by atoms with Crippen molar-refractivity contribution >= 4 is 23.2 Å². The van der Waals surface area contributed by atoms with Crippen LogP contribution in [0.2, 0.25) is 5.02 Å². The normalized spacial score (nSPS) is 20.3. The molecule has 1 heterocycles. The number of carbonyl (C=O) groups excluding carboxylic acids is 1. The summed E-state index contributed by atoms with van der Waals surface area (Å²) >= 11 is 5.97. The molecular formula is C13H17ClN2O2. The van der Waals surface area contributed by atoms with Crippen LogP contribution in [0, 0.1) is 0 Å². The average molecular weight is 269 g/mol. The van der Waals surface area contributed by atoms with Gasteiger partial charge < -0.3 is 15.4 Å². The highest BCUT2D eigenvalue weighted by Gasteiger charge is 2.32. The van der Waals surface area contributed by atoms with E-state index in [0.29, 0.717) is 23.0 Å². The molecule has 0 fully saturated rings. The van der Waals surface area contributed by atoms with Crippen LogP contribution in [0.1, 0.15) is 20.3 Å². The molecule has 0 aliphatic carbocycles. The predicted octanol–water partition coefficient (Wildman–Crippen LogP) is 2.19. The molecule has 2 rings (SSSR count). The summed E-state index contributed by atoms with van der Waals surface area (Å²) in [5.74, 6) is 0.600. The fourth-order valence-corrected chi connectivity index (χ4v) is 2.10. The van der Waals surface area contributed by atoms with E-state index in [9.17, 15) is 4.79 Å². The van der Waals surface area contributed by atoms with E-state index >= 15 is 0 Å². The first kappa shape index (κ1) is 13.2. The van der Waals surface area contributed by atoms with Gasteiger partial charge >= 0.3 is 0 Å². The summed E-state index contributed by atoms with van der Waals surface area (Å²) in [5, 5.41) is 0.578. The van der Waals surface area contributed by atoms with E-state index in [1.807, 2.05) is 6.92 Å². The fourth-order valence-electron chi connectivity index (χ4n) is 1.93. The average Bonchev–Trinajstić information content (AvgIpc) is 2.35. The summed E-state index contributed by atoms with van der Waals surface area (Å²) in [6.45, 7) is 4.22. The van der Waals surface area contributed by atoms with Gasteiger partial charge in [0.15, 0.2) is 6.10 Å². The Morgan fingerprint density at radius 2 is 2.28 bits per heavy atom. The maximum atomic E-state index is 12.2. The molecule has 0 radical (unpaired) electrons. The molecule has 1 aliphatic heterocycles. The van der Waals surface area contributed by atoms with Gasteiger partial charge in [0.1, 0.15) is 5.75 Å². The van der Waals surface area contributed by atoms with Gasteiger partial charge in [-0.25, -0.2) is 0 Å². The predicted molar refractivity (Wildman–Crippen MR) is 72.2 cm³/mol. The summed E-state index contributed by atoms with van der Waals surface area (Å²) in [4.78, 5) is 13.8. The Hall–Kier alpha value is -1.26. The number of nitrogens with two attached hydrogens (primary N) is 1. The molecule has 0 saturated carbocycles. The van der Waals surface area contributed by atoms with Crippen molar-refractivity contribution in [1.29, 1.82) is 0 Å². The van der Waals surface area contributed by atoms with Gasteiger partial charge in [-0.2, -0.15) is 0 Å². The molecule has 5 heteroatoms. The zero-order chi connectivity index (χ0) is 13.3. The van der Waals surface area contributed by atoms with E-state index < -0.39 is 6.10 Å². The fraction of sp³-hybridized carbons (Fsp3) is 0.462. The minimum atomic E-state index is -0.484. The molecule has 1 aromatic carbocycles. The van der Waals surface area contributed by atoms with Crippen molar-refractivity contribution in [1.82, 2.24) is 0 Å². The van der Waals surface area contributed by atoms with Crippen LogP contribution in [-0.4, -0.2) is 24.6 Å². The lowest BCUT2D eigenvalue weighted by atomic mass is 10.1. The summed E-state index contributed by atoms with van der Waals surface area (Å²) in [6, 6.07) is 5.22. The van der Waals surface area contributed by atoms with Gasteiger partial charge in [0, 0.05) is 17.6 Å². The Balaban J connectivity index is 2.37. The Kier molecular flexibility index (Phi) is 3.78. The minimum absolute atomic E-state index is 0.0499. The van der Waals surface area contributed by atoms with Crippen LogP contribution in [0.25, 0.3) is 0 Å². The zero-order valence-electron chi connectivity index (χ0n) is 10.5. The van der Waals surface area contributed by atoms with Crippen LogP contribution in [0.4, 0.5) is 5.69 Å². The van der Waals surface area contributed by atoms with Crippen LogP contribution in [0.3, 0.4) is 0 Å². The van der Waals surface area contributed by atoms with E-state index in [0.717, 1.165) is 6.42 Å². The number of halogens is 1. The Morgan fingerprint density at radius 1 is 1.56 bits per heavy atom. The third-order valence-corrected chi connectivity index (χ3v) is 3.31. The number of amides is 1. The Labute approximate surface area is 112 Å². The van der Waals surface area contributed by atoms with Gasteiger partial charge in [-0.05, 0) is 31.5 Å². The first-order chi connectivity index (χ1) is 8.52. The number of nitrogens with zero attached hydrogens (tertiary/aromatic N) is 1. The lowest BCUT2D eigenvalue weighted by Crippen LogP contribution is -2.49. The molecule has 0 saturated heterocycles. The first-order valence-electron chi connectivity index (χ1n) is 6.06. The van der Waals surface area contributed by atoms with E-state index in [-0.39, 0.29) is 11.9 Å². The number of ether oxygens (including phenoxy) is 1. The standard InChI is InChI=1S/C13H17ClN2O2/c1-3-10(15)7-16-11-6-9(14)4-5-12(11)18-8(2)13(16)17/h4-6,8,10H,3,7,15H2,1-2H3. The molecule has 2 N–H and O–H groups in total. The molecule has 18 heavy (non-hydrogen) atoms. The maximum Gasteiger partial charge on any atom is 0.267 e. The van der Waals surface area contributed by atoms with E-state index in [1.165, 1.54) is 0 Å². The number of benzene rings is 1. The highest BCUT2D eigenvalue weighted by atomic mass is 35.5. The molecule has 4 nitrogen and oxygen atoms in total. The second-order valence-electron chi connectivity index (χ2n) is 4.49. The number of rotatable bonds is 3. The highest BCUT2D eigenvalue weighted by molar-refractivity contribution is 6.31. The second-order valence-corrected chi connectivity index (χ2v) is 4.93. The van der Waals surface area contributed by atoms with Gasteiger partial charge in [-0.3, -0.25) is 4.79 Å². The lowest BCUT2D eigenvalue weighted by molar-refractivity contribution is -0.125. The largest absolute Gasteiger partial charge is 0.479 e. The van der Waals surface area contributed by atoms with Gasteiger partial charge in [0.05, 0.1) is 5.69 Å². The SMILES string of the molecule is CCC(N)CN1C(=O)C(C)Oc2ccc(Cl)cc21. The molecule has 1 aliphatic rings. The monoisotopic (exact) mass is 268 g/mol. The van der Waals surface area contributed by atoms with Crippen LogP contribution in [0.5, 0.6) is 5.75 Å². The number of fused-ring (bicyclic) bond motifs is 1. The molecule has 0 aromatic heterocycles. The summed E-state index contributed by atoms with van der Waals surface area (Å²) < 4.78 is 5.55. The number of carbonyl (C=O) groups is 1. The summed E-state index contributed by atoms with van der Waals surface area (Å²) in [7, 11) is 0. The Bertz CT molecular complexity index is 464. The van der Waals surface area contributed by atoms with E-state index in [1.54, 1.807) is 30.0 Å². The number of hydrogen-bond donors (Lipinski definition) is 1. The summed E-state index contributed by atoms with van der Waals surface area (Å²) in [6.07, 6.45) is 0.331. The molecule has 2 atom stereocenters. The topological polar surface area (TPSA) is 55.6 Å². The summed E-state index contributed by atoms with van der Waals surface area (Å²) in [5.41, 5.74) is 6.64. The van der Waals surface area contributed by atoms with Crippen LogP contribution in [-0.2, 0) is 4.79 Å². The second kappa shape index (κ2) is 5.16. The molecule has 1 amide bonds. The molecular weight excluding hydrogens is 252 g/mol. The van der Waals surface area contributed by atoms with Gasteiger partial charge in [-0.15, -0.1) is 0 Å². The molecule has 2 unspecified atom stereocenters. The van der Waals surface area contributed by atoms with Gasteiger partial charge in [-0.1, -0.05) is 18.5 Å². The van der Waals surface area contributed by atoms with Crippen LogP contribution >= 0.6 is 11.6 Å². The third kappa shape index (κ3) is 2.44. The number of anilines is 1. The molecule has 98 valence electrons. The zero-order valence-corrected chi connectivity index (χ0v) is 11.3. The molecule has 1 aromatic rings.